The van der Waals surface area contributed by atoms with E-state index in [0.717, 1.165) is 0 Å². The van der Waals surface area contributed by atoms with Crippen molar-refractivity contribution in [2.24, 2.45) is 0 Å². The largest absolute Gasteiger partial charge is 0.388 e. The van der Waals surface area contributed by atoms with Gasteiger partial charge in [0, 0.05) is 0 Å². The van der Waals surface area contributed by atoms with E-state index >= 15 is 0 Å². The zero-order valence-corrected chi connectivity index (χ0v) is 11.3. The Morgan fingerprint density at radius 2 is 1.88 bits per heavy atom. The van der Waals surface area contributed by atoms with Gasteiger partial charge in [0.1, 0.15) is 31.8 Å². The molecule has 0 aromatic rings. The molecule has 17 heavy (non-hydrogen) atoms. The van der Waals surface area contributed by atoms with Crippen molar-refractivity contribution in [2.75, 3.05) is 0 Å². The molecule has 0 aromatic carbocycles. The van der Waals surface area contributed by atoms with Crippen LogP contribution < -0.4 is 0 Å². The van der Waals surface area contributed by atoms with Crippen molar-refractivity contribution >= 4 is 16.1 Å². The molecule has 3 N–H and O–H groups in total. The van der Waals surface area contributed by atoms with E-state index in [1.165, 1.54) is 0 Å². The molecule has 1 heterocycles. The third-order valence-electron chi connectivity index (χ3n) is 3.51. The normalized spacial score (nSPS) is 36.1. The molecule has 1 aliphatic rings. The summed E-state index contributed by atoms with van der Waals surface area (Å²) in [4.78, 5) is 8.95. The fourth-order valence-electron chi connectivity index (χ4n) is 2.31. The lowest BCUT2D eigenvalue weighted by atomic mass is 9.85. The summed E-state index contributed by atoms with van der Waals surface area (Å²) in [7, 11) is -1.49. The molecule has 1 rings (SSSR count). The van der Waals surface area contributed by atoms with E-state index in [0.29, 0.717) is 12.8 Å². The molecule has 1 saturated heterocycles. The van der Waals surface area contributed by atoms with Crippen molar-refractivity contribution in [3.8, 4) is 0 Å². The molecule has 2 unspecified atom stereocenters. The van der Waals surface area contributed by atoms with Gasteiger partial charge in [-0.1, -0.05) is 13.8 Å². The van der Waals surface area contributed by atoms with Crippen LogP contribution in [0, 0.1) is 0 Å². The SMILES string of the molecule is B[C@@H]1O[C@H](C(CC)(CC)O[PH](=O)O)C(O)[C@@H]1O. The lowest BCUT2D eigenvalue weighted by molar-refractivity contribution is -0.111. The quantitative estimate of drug-likeness (QED) is 0.437. The molecule has 0 aromatic heterocycles. The van der Waals surface area contributed by atoms with Crippen LogP contribution in [0.5, 0.6) is 0 Å². The van der Waals surface area contributed by atoms with E-state index < -0.39 is 38.2 Å². The molecule has 1 aliphatic heterocycles. The van der Waals surface area contributed by atoms with Gasteiger partial charge in [-0.2, -0.15) is 0 Å². The van der Waals surface area contributed by atoms with Gasteiger partial charge in [-0.15, -0.1) is 0 Å². The number of ether oxygens (including phenoxy) is 1. The number of aliphatic hydroxyl groups is 2. The minimum atomic E-state index is -3.13. The summed E-state index contributed by atoms with van der Waals surface area (Å²) in [5.74, 6) is 0. The van der Waals surface area contributed by atoms with Crippen LogP contribution in [0.1, 0.15) is 26.7 Å². The first-order chi connectivity index (χ1) is 7.88. The first-order valence-electron chi connectivity index (χ1n) is 5.81. The molecule has 8 heteroatoms. The minimum absolute atomic E-state index is 0.418. The Morgan fingerprint density at radius 1 is 1.35 bits per heavy atom. The van der Waals surface area contributed by atoms with Gasteiger partial charge in [0.2, 0.25) is 0 Å². The van der Waals surface area contributed by atoms with Crippen LogP contribution in [-0.4, -0.2) is 52.9 Å². The average molecular weight is 266 g/mol. The maximum absolute atomic E-state index is 10.9. The van der Waals surface area contributed by atoms with Crippen molar-refractivity contribution in [2.45, 2.75) is 56.6 Å². The second-order valence-electron chi connectivity index (χ2n) is 4.38. The van der Waals surface area contributed by atoms with Gasteiger partial charge in [0.15, 0.2) is 0 Å². The van der Waals surface area contributed by atoms with Gasteiger partial charge in [0.05, 0.1) is 6.00 Å². The summed E-state index contributed by atoms with van der Waals surface area (Å²) in [5.41, 5.74) is -1.03. The fourth-order valence-corrected chi connectivity index (χ4v) is 3.07. The van der Waals surface area contributed by atoms with Gasteiger partial charge < -0.3 is 24.4 Å². The van der Waals surface area contributed by atoms with E-state index in [-0.39, 0.29) is 0 Å². The van der Waals surface area contributed by atoms with Crippen molar-refractivity contribution in [3.63, 3.8) is 0 Å². The average Bonchev–Trinajstić information content (AvgIpc) is 2.54. The molecule has 0 saturated carbocycles. The van der Waals surface area contributed by atoms with Crippen molar-refractivity contribution in [1.82, 2.24) is 0 Å². The van der Waals surface area contributed by atoms with Crippen LogP contribution in [0.3, 0.4) is 0 Å². The maximum Gasteiger partial charge on any atom is 0.317 e. The Kier molecular flexibility index (Phi) is 5.19. The van der Waals surface area contributed by atoms with Crippen LogP contribution in [0.25, 0.3) is 0 Å². The lowest BCUT2D eigenvalue weighted by Gasteiger charge is -2.37. The molecule has 0 spiro atoms. The second-order valence-corrected chi connectivity index (χ2v) is 5.12. The Labute approximate surface area is 102 Å². The van der Waals surface area contributed by atoms with E-state index in [1.807, 2.05) is 0 Å². The highest BCUT2D eigenvalue weighted by Gasteiger charge is 2.51. The maximum atomic E-state index is 10.9. The van der Waals surface area contributed by atoms with Gasteiger partial charge in [-0.25, -0.2) is 0 Å². The molecule has 5 atom stereocenters. The Bertz CT molecular complexity index is 285. The van der Waals surface area contributed by atoms with Crippen LogP contribution in [0.2, 0.25) is 0 Å². The van der Waals surface area contributed by atoms with Crippen molar-refractivity contribution in [1.29, 1.82) is 0 Å². The number of hydrogen-bond donors (Lipinski definition) is 3. The predicted octanol–water partition coefficient (Wildman–Crippen LogP) is -0.976. The van der Waals surface area contributed by atoms with E-state index in [9.17, 15) is 14.8 Å². The molecule has 0 bridgehead atoms. The zero-order chi connectivity index (χ0) is 13.2. The molecular formula is C9H20BO6P. The summed E-state index contributed by atoms with van der Waals surface area (Å²) < 4.78 is 21.5. The highest BCUT2D eigenvalue weighted by Crippen LogP contribution is 2.40. The summed E-state index contributed by atoms with van der Waals surface area (Å²) in [6.07, 6.45) is -2.06. The molecule has 0 radical (unpaired) electrons. The zero-order valence-electron chi connectivity index (χ0n) is 10.3. The molecule has 0 amide bonds. The monoisotopic (exact) mass is 266 g/mol. The summed E-state index contributed by atoms with van der Waals surface area (Å²) in [6, 6.07) is -0.517. The highest BCUT2D eigenvalue weighted by atomic mass is 31.1. The van der Waals surface area contributed by atoms with Gasteiger partial charge in [0.25, 0.3) is 0 Å². The predicted molar refractivity (Wildman–Crippen MR) is 64.8 cm³/mol. The lowest BCUT2D eigenvalue weighted by Crippen LogP contribution is -2.49. The molecule has 1 fully saturated rings. The number of rotatable bonds is 5. The number of hydrogen-bond acceptors (Lipinski definition) is 5. The Balaban J connectivity index is 2.95. The topological polar surface area (TPSA) is 96.2 Å². The van der Waals surface area contributed by atoms with Gasteiger partial charge >= 0.3 is 8.25 Å². The first-order valence-corrected chi connectivity index (χ1v) is 7.07. The molecule has 100 valence electrons. The fraction of sp³-hybridized carbons (Fsp3) is 1.00. The van der Waals surface area contributed by atoms with Gasteiger partial charge in [-0.3, -0.25) is 4.57 Å². The van der Waals surface area contributed by atoms with E-state index in [4.69, 9.17) is 14.2 Å². The third kappa shape index (κ3) is 2.92. The van der Waals surface area contributed by atoms with Crippen LogP contribution in [0.15, 0.2) is 0 Å². The second kappa shape index (κ2) is 5.82. The molecular weight excluding hydrogens is 246 g/mol. The smallest absolute Gasteiger partial charge is 0.317 e. The molecule has 6 nitrogen and oxygen atoms in total. The Morgan fingerprint density at radius 3 is 2.18 bits per heavy atom. The molecule has 0 aliphatic carbocycles. The minimum Gasteiger partial charge on any atom is -0.388 e. The first kappa shape index (κ1) is 15.2. The van der Waals surface area contributed by atoms with Crippen molar-refractivity contribution < 1.29 is 28.9 Å². The van der Waals surface area contributed by atoms with Gasteiger partial charge in [-0.05, 0) is 12.8 Å². The third-order valence-corrected chi connectivity index (χ3v) is 4.09. The standard InChI is InChI=1S/C9H20BO6P/c1-3-9(4-2,16-17(13)14)7-5(11)6(12)8(10)15-7/h5-8,11-12,17H,3-4,10H2,1-2H3,(H,13,14)/t5?,6-,7-,8+/m0/s1. The summed E-state index contributed by atoms with van der Waals surface area (Å²) in [5, 5.41) is 19.6. The van der Waals surface area contributed by atoms with E-state index in [1.54, 1.807) is 21.7 Å². The van der Waals surface area contributed by atoms with Crippen molar-refractivity contribution in [3.05, 3.63) is 0 Å². The van der Waals surface area contributed by atoms with Crippen LogP contribution in [-0.2, 0) is 13.8 Å². The summed E-state index contributed by atoms with van der Waals surface area (Å²) >= 11 is 0. The van der Waals surface area contributed by atoms with Crippen LogP contribution >= 0.6 is 8.25 Å². The summed E-state index contributed by atoms with van der Waals surface area (Å²) in [6.45, 7) is 3.58. The number of aliphatic hydroxyl groups excluding tert-OH is 2. The van der Waals surface area contributed by atoms with Crippen LogP contribution in [0.4, 0.5) is 0 Å². The van der Waals surface area contributed by atoms with E-state index in [2.05, 4.69) is 0 Å². The highest BCUT2D eigenvalue weighted by molar-refractivity contribution is 7.32. The Hall–Kier alpha value is 0.0949.